The quantitative estimate of drug-likeness (QED) is 0.216. The van der Waals surface area contributed by atoms with Gasteiger partial charge in [-0.05, 0) is 40.5 Å². The lowest BCUT2D eigenvalue weighted by Gasteiger charge is -2.40. The number of guanidine groups is 1. The van der Waals surface area contributed by atoms with E-state index in [9.17, 15) is 0 Å². The van der Waals surface area contributed by atoms with Gasteiger partial charge in [0, 0.05) is 19.6 Å². The summed E-state index contributed by atoms with van der Waals surface area (Å²) in [5.74, 6) is 1.35. The molecule has 3 nitrogen and oxygen atoms in total. The monoisotopic (exact) mass is 312 g/mol. The lowest BCUT2D eigenvalue weighted by molar-refractivity contribution is -0.841. The van der Waals surface area contributed by atoms with Gasteiger partial charge in [-0.25, -0.2) is 4.99 Å². The molecule has 0 rings (SSSR count). The van der Waals surface area contributed by atoms with E-state index in [2.05, 4.69) is 46.4 Å². The molecule has 22 heavy (non-hydrogen) atoms. The van der Waals surface area contributed by atoms with Gasteiger partial charge in [0.05, 0.1) is 19.6 Å². The Morgan fingerprint density at radius 1 is 0.727 bits per heavy atom. The maximum atomic E-state index is 4.98. The van der Waals surface area contributed by atoms with Crippen LogP contribution in [0.25, 0.3) is 0 Å². The fraction of sp³-hybridized carbons (Fsp3) is 0.947. The number of rotatable bonds is 12. The van der Waals surface area contributed by atoms with Crippen LogP contribution in [0.5, 0.6) is 0 Å². The first-order chi connectivity index (χ1) is 10.7. The Bertz CT molecular complexity index is 264. The maximum absolute atomic E-state index is 4.98. The summed E-state index contributed by atoms with van der Waals surface area (Å²) in [4.78, 5) is 7.60. The molecule has 0 radical (unpaired) electrons. The van der Waals surface area contributed by atoms with Crippen molar-refractivity contribution in [3.8, 4) is 0 Å². The summed E-state index contributed by atoms with van der Waals surface area (Å²) >= 11 is 0. The van der Waals surface area contributed by atoms with Gasteiger partial charge in [-0.2, -0.15) is 0 Å². The number of hydrogen-bond acceptors (Lipinski definition) is 1. The smallest absolute Gasteiger partial charge is 0.300 e. The molecule has 0 aliphatic heterocycles. The van der Waals surface area contributed by atoms with Crippen molar-refractivity contribution < 1.29 is 4.48 Å². The second-order valence-corrected chi connectivity index (χ2v) is 6.27. The highest BCUT2D eigenvalue weighted by atomic mass is 15.5. The predicted octanol–water partition coefficient (Wildman–Crippen LogP) is 4.92. The van der Waals surface area contributed by atoms with Gasteiger partial charge < -0.3 is 4.90 Å². The minimum atomic E-state index is 0.896. The highest BCUT2D eigenvalue weighted by molar-refractivity contribution is 5.73. The fourth-order valence-electron chi connectivity index (χ4n) is 3.20. The van der Waals surface area contributed by atoms with Crippen molar-refractivity contribution in [1.29, 1.82) is 0 Å². The lowest BCUT2D eigenvalue weighted by Crippen LogP contribution is -2.59. The normalized spacial score (nSPS) is 12.7. The van der Waals surface area contributed by atoms with Crippen molar-refractivity contribution in [3.63, 3.8) is 0 Å². The molecule has 0 bridgehead atoms. The lowest BCUT2D eigenvalue weighted by atomic mass is 10.2. The molecule has 0 aromatic heterocycles. The van der Waals surface area contributed by atoms with Crippen LogP contribution >= 0.6 is 0 Å². The summed E-state index contributed by atoms with van der Waals surface area (Å²) in [6, 6.07) is 0. The van der Waals surface area contributed by atoms with Gasteiger partial charge in [0.15, 0.2) is 0 Å². The van der Waals surface area contributed by atoms with Gasteiger partial charge in [-0.3, -0.25) is 4.48 Å². The summed E-state index contributed by atoms with van der Waals surface area (Å²) in [6.45, 7) is 20.4. The van der Waals surface area contributed by atoms with Crippen LogP contribution in [0, 0.1) is 0 Å². The minimum Gasteiger partial charge on any atom is -0.311 e. The molecule has 0 aromatic rings. The molecule has 0 N–H and O–H groups in total. The van der Waals surface area contributed by atoms with Gasteiger partial charge in [-0.15, -0.1) is 0 Å². The summed E-state index contributed by atoms with van der Waals surface area (Å²) in [7, 11) is 0. The molecular formula is C19H42N3+. The number of aliphatic imine (C=N–C) groups is 1. The number of nitrogens with zero attached hydrogens (tertiary/aromatic N) is 3. The second kappa shape index (κ2) is 12.9. The molecule has 0 heterocycles. The topological polar surface area (TPSA) is 15.6 Å². The predicted molar refractivity (Wildman–Crippen MR) is 100 cm³/mol. The first-order valence-corrected chi connectivity index (χ1v) is 9.81. The van der Waals surface area contributed by atoms with Crippen LogP contribution in [0.4, 0.5) is 0 Å². The van der Waals surface area contributed by atoms with E-state index in [0.29, 0.717) is 0 Å². The van der Waals surface area contributed by atoms with Crippen LogP contribution < -0.4 is 0 Å². The van der Waals surface area contributed by atoms with Crippen LogP contribution in [-0.2, 0) is 0 Å². The van der Waals surface area contributed by atoms with E-state index in [4.69, 9.17) is 4.99 Å². The van der Waals surface area contributed by atoms with Crippen molar-refractivity contribution >= 4 is 5.96 Å². The third kappa shape index (κ3) is 6.68. The van der Waals surface area contributed by atoms with Crippen LogP contribution in [0.3, 0.4) is 0 Å². The van der Waals surface area contributed by atoms with E-state index in [1.807, 2.05) is 0 Å². The van der Waals surface area contributed by atoms with Crippen LogP contribution in [-0.4, -0.2) is 54.6 Å². The number of unbranched alkanes of at least 4 members (excludes halogenated alkanes) is 4. The second-order valence-electron chi connectivity index (χ2n) is 6.27. The third-order valence-corrected chi connectivity index (χ3v) is 4.89. The zero-order valence-corrected chi connectivity index (χ0v) is 16.3. The van der Waals surface area contributed by atoms with Crippen molar-refractivity contribution in [2.24, 2.45) is 4.99 Å². The molecule has 0 unspecified atom stereocenters. The van der Waals surface area contributed by atoms with E-state index >= 15 is 0 Å². The van der Waals surface area contributed by atoms with E-state index < -0.39 is 0 Å². The fourth-order valence-corrected chi connectivity index (χ4v) is 3.20. The summed E-state index contributed by atoms with van der Waals surface area (Å²) < 4.78 is 1.03. The zero-order valence-electron chi connectivity index (χ0n) is 16.3. The Labute approximate surface area is 140 Å². The van der Waals surface area contributed by atoms with E-state index in [-0.39, 0.29) is 0 Å². The first kappa shape index (κ1) is 21.4. The summed E-state index contributed by atoms with van der Waals surface area (Å²) in [5.41, 5.74) is 0. The number of hydrogen-bond donors (Lipinski definition) is 0. The van der Waals surface area contributed by atoms with Crippen molar-refractivity contribution in [1.82, 2.24) is 4.90 Å². The molecule has 0 saturated carbocycles. The molecule has 0 saturated heterocycles. The van der Waals surface area contributed by atoms with E-state index in [0.717, 1.165) is 30.7 Å². The Kier molecular flexibility index (Phi) is 12.6. The van der Waals surface area contributed by atoms with Gasteiger partial charge in [0.2, 0.25) is 0 Å². The molecule has 132 valence electrons. The van der Waals surface area contributed by atoms with Gasteiger partial charge in [0.25, 0.3) is 5.96 Å². The van der Waals surface area contributed by atoms with Crippen LogP contribution in [0.15, 0.2) is 4.99 Å². The van der Waals surface area contributed by atoms with E-state index in [1.54, 1.807) is 0 Å². The zero-order chi connectivity index (χ0) is 16.8. The third-order valence-electron chi connectivity index (χ3n) is 4.89. The van der Waals surface area contributed by atoms with Crippen molar-refractivity contribution in [2.45, 2.75) is 80.1 Å². The molecule has 0 amide bonds. The molecule has 0 fully saturated rings. The maximum Gasteiger partial charge on any atom is 0.300 e. The minimum absolute atomic E-state index is 0.896. The molecule has 0 spiro atoms. The van der Waals surface area contributed by atoms with Gasteiger partial charge in [-0.1, -0.05) is 39.5 Å². The molecular weight excluding hydrogens is 270 g/mol. The standard InChI is InChI=1S/C19H42N3/c1-7-13-15-17-21(18-16-14-8-2)19(20-9-3)22(10-4,11-5)12-6/h7-18H2,1-6H3/q+1. The Morgan fingerprint density at radius 2 is 1.18 bits per heavy atom. The first-order valence-electron chi connectivity index (χ1n) is 9.81. The summed E-state index contributed by atoms with van der Waals surface area (Å²) in [6.07, 6.45) is 7.82. The molecule has 3 heteroatoms. The highest BCUT2D eigenvalue weighted by Gasteiger charge is 2.33. The highest BCUT2D eigenvalue weighted by Crippen LogP contribution is 2.15. The van der Waals surface area contributed by atoms with Crippen LogP contribution in [0.1, 0.15) is 80.1 Å². The largest absolute Gasteiger partial charge is 0.311 e. The van der Waals surface area contributed by atoms with Crippen LogP contribution in [0.2, 0.25) is 0 Å². The Hall–Kier alpha value is -0.570. The Balaban J connectivity index is 5.21. The SMILES string of the molecule is CCCCCN(CCCCC)C(=NCC)[N+](CC)(CC)CC. The average molecular weight is 313 g/mol. The van der Waals surface area contributed by atoms with Gasteiger partial charge in [0.1, 0.15) is 0 Å². The van der Waals surface area contributed by atoms with Gasteiger partial charge >= 0.3 is 0 Å². The summed E-state index contributed by atoms with van der Waals surface area (Å²) in [5, 5.41) is 0. The van der Waals surface area contributed by atoms with Crippen molar-refractivity contribution in [2.75, 3.05) is 39.3 Å². The molecule has 0 aliphatic carbocycles. The molecule has 0 aromatic carbocycles. The molecule has 0 atom stereocenters. The molecule has 0 aliphatic rings. The van der Waals surface area contributed by atoms with Crippen molar-refractivity contribution in [3.05, 3.63) is 0 Å². The number of quaternary nitrogens is 1. The average Bonchev–Trinajstić information content (AvgIpc) is 2.55. The van der Waals surface area contributed by atoms with E-state index in [1.165, 1.54) is 57.6 Å². The Morgan fingerprint density at radius 3 is 1.50 bits per heavy atom.